The molecule has 0 unspecified atom stereocenters. The topological polar surface area (TPSA) is 74.7 Å². The van der Waals surface area contributed by atoms with Crippen molar-refractivity contribution in [3.63, 3.8) is 0 Å². The van der Waals surface area contributed by atoms with E-state index in [2.05, 4.69) is 15.9 Å². The largest absolute Gasteiger partial charge is 0.480 e. The third-order valence-electron chi connectivity index (χ3n) is 1.94. The zero-order valence-electron chi connectivity index (χ0n) is 9.09. The van der Waals surface area contributed by atoms with Crippen LogP contribution in [-0.2, 0) is 14.8 Å². The van der Waals surface area contributed by atoms with E-state index in [1.807, 2.05) is 0 Å². The van der Waals surface area contributed by atoms with Crippen molar-refractivity contribution < 1.29 is 18.3 Å². The average Bonchev–Trinajstić information content (AvgIpc) is 2.63. The summed E-state index contributed by atoms with van der Waals surface area (Å²) < 4.78 is 26.0. The van der Waals surface area contributed by atoms with Crippen LogP contribution in [0.2, 0.25) is 0 Å². The van der Waals surface area contributed by atoms with Crippen molar-refractivity contribution in [3.8, 4) is 0 Å². The molecule has 96 valence electrons. The smallest absolute Gasteiger partial charge is 0.318 e. The number of rotatable bonds is 6. The highest BCUT2D eigenvalue weighted by Crippen LogP contribution is 2.30. The molecule has 0 fully saturated rings. The van der Waals surface area contributed by atoms with Crippen LogP contribution in [0.15, 0.2) is 20.1 Å². The van der Waals surface area contributed by atoms with Crippen LogP contribution in [0.5, 0.6) is 0 Å². The maximum atomic E-state index is 12.2. The summed E-state index contributed by atoms with van der Waals surface area (Å²) >= 11 is 4.21. The van der Waals surface area contributed by atoms with Crippen molar-refractivity contribution >= 4 is 43.3 Å². The Morgan fingerprint density at radius 1 is 1.59 bits per heavy atom. The minimum Gasteiger partial charge on any atom is -0.480 e. The van der Waals surface area contributed by atoms with Gasteiger partial charge in [-0.2, -0.15) is 4.31 Å². The third kappa shape index (κ3) is 3.51. The molecule has 0 radical (unpaired) electrons. The van der Waals surface area contributed by atoms with Gasteiger partial charge in [-0.15, -0.1) is 11.3 Å². The number of thiophene rings is 1. The maximum Gasteiger partial charge on any atom is 0.318 e. The summed E-state index contributed by atoms with van der Waals surface area (Å²) in [5, 5.41) is 10.4. The highest BCUT2D eigenvalue weighted by atomic mass is 79.9. The summed E-state index contributed by atoms with van der Waals surface area (Å²) in [6.07, 6.45) is 0.565. The van der Waals surface area contributed by atoms with Gasteiger partial charge in [0, 0.05) is 11.0 Å². The monoisotopic (exact) mass is 341 g/mol. The zero-order valence-corrected chi connectivity index (χ0v) is 12.3. The first kappa shape index (κ1) is 14.6. The van der Waals surface area contributed by atoms with E-state index in [1.165, 1.54) is 0 Å². The van der Waals surface area contributed by atoms with Crippen LogP contribution in [0, 0.1) is 0 Å². The van der Waals surface area contributed by atoms with E-state index in [0.717, 1.165) is 15.6 Å². The number of aliphatic carboxylic acids is 1. The Hall–Kier alpha value is -0.440. The Bertz CT molecular complexity index is 497. The molecule has 0 saturated carbocycles. The molecule has 0 amide bonds. The maximum absolute atomic E-state index is 12.2. The number of carboxylic acids is 1. The van der Waals surface area contributed by atoms with Crippen molar-refractivity contribution in [1.82, 2.24) is 4.31 Å². The van der Waals surface area contributed by atoms with E-state index in [1.54, 1.807) is 18.4 Å². The van der Waals surface area contributed by atoms with E-state index in [9.17, 15) is 13.2 Å². The summed E-state index contributed by atoms with van der Waals surface area (Å²) in [7, 11) is -3.72. The van der Waals surface area contributed by atoms with Gasteiger partial charge in [-0.3, -0.25) is 4.79 Å². The second-order valence-corrected chi connectivity index (χ2v) is 7.19. The van der Waals surface area contributed by atoms with Crippen molar-refractivity contribution in [2.45, 2.75) is 17.6 Å². The van der Waals surface area contributed by atoms with Crippen LogP contribution < -0.4 is 0 Å². The van der Waals surface area contributed by atoms with E-state index in [0.29, 0.717) is 10.9 Å². The lowest BCUT2D eigenvalue weighted by Crippen LogP contribution is -2.36. The van der Waals surface area contributed by atoms with E-state index >= 15 is 0 Å². The summed E-state index contributed by atoms with van der Waals surface area (Å²) in [6.45, 7) is 1.48. The lowest BCUT2D eigenvalue weighted by molar-refractivity contribution is -0.137. The lowest BCUT2D eigenvalue weighted by Gasteiger charge is -2.18. The first-order valence-electron chi connectivity index (χ1n) is 4.84. The van der Waals surface area contributed by atoms with Gasteiger partial charge in [-0.1, -0.05) is 6.92 Å². The standard InChI is InChI=1S/C9H12BrNO4S2/c1-2-4-11(6-8(12)13)17(14,15)9-7(10)3-5-16-9/h3,5H,2,4,6H2,1H3,(H,12,13). The highest BCUT2D eigenvalue weighted by molar-refractivity contribution is 9.10. The molecule has 17 heavy (non-hydrogen) atoms. The molecule has 0 saturated heterocycles. The predicted octanol–water partition coefficient (Wildman–Crippen LogP) is 2.00. The first-order valence-corrected chi connectivity index (χ1v) is 7.95. The Morgan fingerprint density at radius 2 is 2.24 bits per heavy atom. The third-order valence-corrected chi connectivity index (χ3v) is 6.44. The molecule has 0 aliphatic rings. The number of nitrogens with zero attached hydrogens (tertiary/aromatic N) is 1. The fourth-order valence-corrected chi connectivity index (χ4v) is 5.20. The molecule has 0 aliphatic carbocycles. The van der Waals surface area contributed by atoms with E-state index in [4.69, 9.17) is 5.11 Å². The van der Waals surface area contributed by atoms with Gasteiger partial charge in [-0.05, 0) is 33.8 Å². The number of hydrogen-bond acceptors (Lipinski definition) is 4. The summed E-state index contributed by atoms with van der Waals surface area (Å²) in [5.74, 6) is -1.16. The van der Waals surface area contributed by atoms with Crippen LogP contribution in [-0.4, -0.2) is 36.9 Å². The van der Waals surface area contributed by atoms with Gasteiger partial charge in [0.25, 0.3) is 10.0 Å². The molecule has 0 bridgehead atoms. The van der Waals surface area contributed by atoms with Crippen molar-refractivity contribution in [3.05, 3.63) is 15.9 Å². The molecule has 0 aliphatic heterocycles. The molecule has 8 heteroatoms. The Labute approximate surface area is 112 Å². The molecule has 0 atom stereocenters. The van der Waals surface area contributed by atoms with Crippen LogP contribution in [0.25, 0.3) is 0 Å². The fraction of sp³-hybridized carbons (Fsp3) is 0.444. The van der Waals surface area contributed by atoms with Gasteiger partial charge >= 0.3 is 5.97 Å². The summed E-state index contributed by atoms with van der Waals surface area (Å²) in [6, 6.07) is 1.63. The normalized spacial score (nSPS) is 11.9. The first-order chi connectivity index (χ1) is 7.89. The molecule has 1 rings (SSSR count). The fourth-order valence-electron chi connectivity index (χ4n) is 1.27. The van der Waals surface area contributed by atoms with Gasteiger partial charge in [0.05, 0.1) is 0 Å². The number of hydrogen-bond donors (Lipinski definition) is 1. The molecule has 0 spiro atoms. The van der Waals surface area contributed by atoms with Gasteiger partial charge in [0.1, 0.15) is 10.8 Å². The minimum atomic E-state index is -3.72. The number of carbonyl (C=O) groups is 1. The average molecular weight is 342 g/mol. The minimum absolute atomic E-state index is 0.146. The van der Waals surface area contributed by atoms with E-state index < -0.39 is 22.5 Å². The Morgan fingerprint density at radius 3 is 2.65 bits per heavy atom. The van der Waals surface area contributed by atoms with Crippen LogP contribution in [0.4, 0.5) is 0 Å². The zero-order chi connectivity index (χ0) is 13.1. The van der Waals surface area contributed by atoms with Crippen molar-refractivity contribution in [2.75, 3.05) is 13.1 Å². The van der Waals surface area contributed by atoms with Crippen molar-refractivity contribution in [1.29, 1.82) is 0 Å². The number of sulfonamides is 1. The second-order valence-electron chi connectivity index (χ2n) is 3.29. The quantitative estimate of drug-likeness (QED) is 0.858. The van der Waals surface area contributed by atoms with Gasteiger partial charge in [0.15, 0.2) is 0 Å². The van der Waals surface area contributed by atoms with Crippen molar-refractivity contribution in [2.24, 2.45) is 0 Å². The Kier molecular flexibility index (Phi) is 5.11. The Balaban J connectivity index is 3.08. The summed E-state index contributed by atoms with van der Waals surface area (Å²) in [4.78, 5) is 10.7. The predicted molar refractivity (Wildman–Crippen MR) is 68.7 cm³/mol. The van der Waals surface area contributed by atoms with Crippen LogP contribution in [0.1, 0.15) is 13.3 Å². The molecular formula is C9H12BrNO4S2. The van der Waals surface area contributed by atoms with Crippen LogP contribution >= 0.6 is 27.3 Å². The van der Waals surface area contributed by atoms with Crippen LogP contribution in [0.3, 0.4) is 0 Å². The van der Waals surface area contributed by atoms with Gasteiger partial charge < -0.3 is 5.11 Å². The molecule has 1 aromatic rings. The van der Waals surface area contributed by atoms with Gasteiger partial charge in [0.2, 0.25) is 0 Å². The lowest BCUT2D eigenvalue weighted by atomic mass is 10.5. The second kappa shape index (κ2) is 5.94. The SMILES string of the molecule is CCCN(CC(=O)O)S(=O)(=O)c1sccc1Br. The molecule has 5 nitrogen and oxygen atoms in total. The molecule has 1 aromatic heterocycles. The molecular weight excluding hydrogens is 330 g/mol. The molecule has 0 aromatic carbocycles. The summed E-state index contributed by atoms with van der Waals surface area (Å²) in [5.41, 5.74) is 0. The molecule has 1 heterocycles. The van der Waals surface area contributed by atoms with E-state index in [-0.39, 0.29) is 10.8 Å². The van der Waals surface area contributed by atoms with Gasteiger partial charge in [-0.25, -0.2) is 8.42 Å². The molecule has 1 N–H and O–H groups in total. The highest BCUT2D eigenvalue weighted by Gasteiger charge is 2.28. The number of halogens is 1. The number of carboxylic acid groups (broad SMARTS) is 1.